The van der Waals surface area contributed by atoms with Crippen LogP contribution in [0, 0.1) is 5.92 Å². The van der Waals surface area contributed by atoms with E-state index in [4.69, 9.17) is 9.47 Å². The summed E-state index contributed by atoms with van der Waals surface area (Å²) in [6.45, 7) is 5.25. The number of nitrogens with one attached hydrogen (secondary N) is 2. The van der Waals surface area contributed by atoms with Crippen molar-refractivity contribution in [2.75, 3.05) is 45.3 Å². The minimum atomic E-state index is 0. The number of anilines is 1. The Morgan fingerprint density at radius 1 is 1.25 bits per heavy atom. The van der Waals surface area contributed by atoms with Crippen LogP contribution in [0.15, 0.2) is 6.07 Å². The highest BCUT2D eigenvalue weighted by Gasteiger charge is 2.21. The first-order valence-electron chi connectivity index (χ1n) is 8.24. The Balaban J connectivity index is 0.00000144. The van der Waals surface area contributed by atoms with Crippen molar-refractivity contribution in [3.8, 4) is 0 Å². The number of ether oxygens (including phenoxy) is 2. The van der Waals surface area contributed by atoms with Crippen molar-refractivity contribution < 1.29 is 9.47 Å². The minimum Gasteiger partial charge on any atom is -0.381 e. The Morgan fingerprint density at radius 3 is 2.71 bits per heavy atom. The van der Waals surface area contributed by atoms with Gasteiger partial charge in [0.25, 0.3) is 0 Å². The topological polar surface area (TPSA) is 68.3 Å². The average Bonchev–Trinajstić information content (AvgIpc) is 3.09. The molecule has 0 radical (unpaired) electrons. The molecule has 3 heterocycles. The zero-order valence-corrected chi connectivity index (χ0v) is 15.8. The summed E-state index contributed by atoms with van der Waals surface area (Å²) in [6.07, 6.45) is 3.50. The van der Waals surface area contributed by atoms with Gasteiger partial charge in [0.15, 0.2) is 5.82 Å². The van der Waals surface area contributed by atoms with Crippen molar-refractivity contribution in [3.05, 3.63) is 17.6 Å². The molecule has 1 aromatic rings. The second kappa shape index (κ2) is 11.1. The van der Waals surface area contributed by atoms with Crippen LogP contribution in [0.2, 0.25) is 0 Å². The van der Waals surface area contributed by atoms with Gasteiger partial charge in [-0.15, -0.1) is 24.8 Å². The minimum absolute atomic E-state index is 0. The van der Waals surface area contributed by atoms with Crippen molar-refractivity contribution in [2.45, 2.75) is 31.8 Å². The normalized spacial score (nSPS) is 21.0. The smallest absolute Gasteiger partial charge is 0.156 e. The van der Waals surface area contributed by atoms with E-state index in [0.717, 1.165) is 62.5 Å². The van der Waals surface area contributed by atoms with Crippen LogP contribution in [0.25, 0.3) is 0 Å². The SMILES string of the molecule is COCc1nc(NCC2CCNCC2)cc(C2CCOC2)n1.Cl.Cl. The first-order chi connectivity index (χ1) is 10.8. The second-order valence-electron chi connectivity index (χ2n) is 6.16. The van der Waals surface area contributed by atoms with Gasteiger partial charge in [-0.3, -0.25) is 0 Å². The molecule has 1 unspecified atom stereocenters. The van der Waals surface area contributed by atoms with Gasteiger partial charge in [-0.25, -0.2) is 9.97 Å². The number of halogens is 2. The van der Waals surface area contributed by atoms with E-state index in [2.05, 4.69) is 26.7 Å². The van der Waals surface area contributed by atoms with Gasteiger partial charge in [0.1, 0.15) is 12.4 Å². The molecule has 2 fully saturated rings. The molecule has 0 spiro atoms. The molecule has 0 aromatic carbocycles. The zero-order valence-electron chi connectivity index (χ0n) is 14.1. The Labute approximate surface area is 156 Å². The Kier molecular flexibility index (Phi) is 9.85. The molecule has 0 saturated carbocycles. The molecule has 2 aliphatic heterocycles. The van der Waals surface area contributed by atoms with Gasteiger partial charge in [0.2, 0.25) is 0 Å². The van der Waals surface area contributed by atoms with Gasteiger partial charge in [-0.05, 0) is 38.3 Å². The number of nitrogens with zero attached hydrogens (tertiary/aromatic N) is 2. The number of rotatable bonds is 6. The van der Waals surface area contributed by atoms with E-state index < -0.39 is 0 Å². The third-order valence-electron chi connectivity index (χ3n) is 4.44. The number of hydrogen-bond donors (Lipinski definition) is 2. The van der Waals surface area contributed by atoms with E-state index in [1.54, 1.807) is 7.11 Å². The van der Waals surface area contributed by atoms with Crippen molar-refractivity contribution in [1.29, 1.82) is 0 Å². The molecule has 6 nitrogen and oxygen atoms in total. The molecule has 1 aromatic heterocycles. The van der Waals surface area contributed by atoms with E-state index in [1.807, 2.05) is 0 Å². The van der Waals surface area contributed by atoms with E-state index in [0.29, 0.717) is 12.5 Å². The molecule has 2 aliphatic rings. The zero-order chi connectivity index (χ0) is 15.2. The van der Waals surface area contributed by atoms with E-state index in [1.165, 1.54) is 12.8 Å². The molecular formula is C16H28Cl2N4O2. The number of methoxy groups -OCH3 is 1. The number of aromatic nitrogens is 2. The van der Waals surface area contributed by atoms with Gasteiger partial charge >= 0.3 is 0 Å². The highest BCUT2D eigenvalue weighted by molar-refractivity contribution is 5.85. The lowest BCUT2D eigenvalue weighted by molar-refractivity contribution is 0.177. The molecule has 0 amide bonds. The predicted molar refractivity (Wildman–Crippen MR) is 99.5 cm³/mol. The fourth-order valence-electron chi connectivity index (χ4n) is 3.11. The van der Waals surface area contributed by atoms with Crippen molar-refractivity contribution in [2.24, 2.45) is 5.92 Å². The summed E-state index contributed by atoms with van der Waals surface area (Å²) in [5, 5.41) is 6.90. The molecule has 0 aliphatic carbocycles. The van der Waals surface area contributed by atoms with Gasteiger partial charge in [-0.2, -0.15) is 0 Å². The molecule has 0 bridgehead atoms. The van der Waals surface area contributed by atoms with Crippen molar-refractivity contribution >= 4 is 30.6 Å². The van der Waals surface area contributed by atoms with E-state index in [-0.39, 0.29) is 24.8 Å². The molecule has 8 heteroatoms. The summed E-state index contributed by atoms with van der Waals surface area (Å²) in [6, 6.07) is 2.08. The largest absolute Gasteiger partial charge is 0.381 e. The lowest BCUT2D eigenvalue weighted by Crippen LogP contribution is -2.31. The maximum Gasteiger partial charge on any atom is 0.156 e. The summed E-state index contributed by atoms with van der Waals surface area (Å²) < 4.78 is 10.7. The van der Waals surface area contributed by atoms with Gasteiger partial charge in [0, 0.05) is 32.2 Å². The predicted octanol–water partition coefficient (Wildman–Crippen LogP) is 2.38. The van der Waals surface area contributed by atoms with Crippen LogP contribution in [0.3, 0.4) is 0 Å². The highest BCUT2D eigenvalue weighted by Crippen LogP contribution is 2.25. The standard InChI is InChI=1S/C16H26N4O2.2ClH/c1-21-11-16-19-14(13-4-7-22-10-13)8-15(20-16)18-9-12-2-5-17-6-3-12;;/h8,12-13,17H,2-7,9-11H2,1H3,(H,18,19,20);2*1H. The molecule has 2 saturated heterocycles. The van der Waals surface area contributed by atoms with Crippen LogP contribution >= 0.6 is 24.8 Å². The lowest BCUT2D eigenvalue weighted by atomic mass is 9.98. The van der Waals surface area contributed by atoms with Crippen molar-refractivity contribution in [1.82, 2.24) is 15.3 Å². The summed E-state index contributed by atoms with van der Waals surface area (Å²) in [5.74, 6) is 2.78. The van der Waals surface area contributed by atoms with Crippen LogP contribution < -0.4 is 10.6 Å². The summed E-state index contributed by atoms with van der Waals surface area (Å²) >= 11 is 0. The van der Waals surface area contributed by atoms with Gasteiger partial charge in [-0.1, -0.05) is 0 Å². The summed E-state index contributed by atoms with van der Waals surface area (Å²) in [7, 11) is 1.68. The second-order valence-corrected chi connectivity index (χ2v) is 6.16. The van der Waals surface area contributed by atoms with Crippen LogP contribution in [-0.4, -0.2) is 49.9 Å². The Bertz CT molecular complexity index is 481. The average molecular weight is 379 g/mol. The third-order valence-corrected chi connectivity index (χ3v) is 4.44. The van der Waals surface area contributed by atoms with E-state index in [9.17, 15) is 0 Å². The number of piperidine rings is 1. The molecule has 138 valence electrons. The quantitative estimate of drug-likeness (QED) is 0.791. The molecule has 2 N–H and O–H groups in total. The first-order valence-corrected chi connectivity index (χ1v) is 8.24. The summed E-state index contributed by atoms with van der Waals surface area (Å²) in [5.41, 5.74) is 1.08. The van der Waals surface area contributed by atoms with Crippen LogP contribution in [-0.2, 0) is 16.1 Å². The maximum atomic E-state index is 5.49. The Hall–Kier alpha value is -0.660. The van der Waals surface area contributed by atoms with Crippen molar-refractivity contribution in [3.63, 3.8) is 0 Å². The fraction of sp³-hybridized carbons (Fsp3) is 0.750. The first kappa shape index (κ1) is 21.4. The number of hydrogen-bond acceptors (Lipinski definition) is 6. The lowest BCUT2D eigenvalue weighted by Gasteiger charge is -2.23. The van der Waals surface area contributed by atoms with Gasteiger partial charge < -0.3 is 20.1 Å². The maximum absolute atomic E-state index is 5.49. The molecular weight excluding hydrogens is 351 g/mol. The highest BCUT2D eigenvalue weighted by atomic mass is 35.5. The van der Waals surface area contributed by atoms with Crippen LogP contribution in [0.1, 0.15) is 36.7 Å². The van der Waals surface area contributed by atoms with E-state index >= 15 is 0 Å². The monoisotopic (exact) mass is 378 g/mol. The molecule has 24 heavy (non-hydrogen) atoms. The molecule has 1 atom stereocenters. The van der Waals surface area contributed by atoms with Crippen LogP contribution in [0.5, 0.6) is 0 Å². The third kappa shape index (κ3) is 6.01. The van der Waals surface area contributed by atoms with Gasteiger partial charge in [0.05, 0.1) is 12.3 Å². The Morgan fingerprint density at radius 2 is 2.04 bits per heavy atom. The molecule has 3 rings (SSSR count). The summed E-state index contributed by atoms with van der Waals surface area (Å²) in [4.78, 5) is 9.21. The fourth-order valence-corrected chi connectivity index (χ4v) is 3.11. The van der Waals surface area contributed by atoms with Crippen LogP contribution in [0.4, 0.5) is 5.82 Å².